The molecule has 0 radical (unpaired) electrons. The maximum absolute atomic E-state index is 12.7. The van der Waals surface area contributed by atoms with Crippen LogP contribution in [0.4, 0.5) is 13.2 Å². The van der Waals surface area contributed by atoms with E-state index in [1.54, 1.807) is 12.1 Å². The van der Waals surface area contributed by atoms with Crippen molar-refractivity contribution in [3.63, 3.8) is 0 Å². The van der Waals surface area contributed by atoms with Crippen molar-refractivity contribution in [2.24, 2.45) is 0 Å². The third kappa shape index (κ3) is 7.04. The first-order valence-electron chi connectivity index (χ1n) is 7.37. The van der Waals surface area contributed by atoms with Crippen LogP contribution in [-0.4, -0.2) is 0 Å². The standard InChI is InChI=1S/C19H19F3/c1-2-3-4-5-6-7-8-9-10-11-14-17-15-12-13-16-18(17)19(20,21)22/h9-10,12-13,15-16H,2-6H2,1H3/b10-9-. The van der Waals surface area contributed by atoms with E-state index in [1.165, 1.54) is 37.5 Å². The zero-order valence-electron chi connectivity index (χ0n) is 12.6. The van der Waals surface area contributed by atoms with E-state index < -0.39 is 11.7 Å². The van der Waals surface area contributed by atoms with Crippen molar-refractivity contribution in [3.8, 4) is 23.7 Å². The van der Waals surface area contributed by atoms with Gasteiger partial charge in [0.2, 0.25) is 0 Å². The summed E-state index contributed by atoms with van der Waals surface area (Å²) in [5.41, 5.74) is -0.731. The second-order valence-corrected chi connectivity index (χ2v) is 4.78. The largest absolute Gasteiger partial charge is 0.417 e. The molecule has 0 spiro atoms. The van der Waals surface area contributed by atoms with Crippen LogP contribution in [0.5, 0.6) is 0 Å². The van der Waals surface area contributed by atoms with Crippen molar-refractivity contribution in [1.29, 1.82) is 0 Å². The SMILES string of the molecule is CCCCCCC#C/C=C\C#Cc1ccccc1C(F)(F)F. The van der Waals surface area contributed by atoms with Gasteiger partial charge in [0.1, 0.15) is 0 Å². The van der Waals surface area contributed by atoms with Crippen LogP contribution in [0.15, 0.2) is 36.4 Å². The van der Waals surface area contributed by atoms with Crippen LogP contribution < -0.4 is 0 Å². The number of hydrogen-bond acceptors (Lipinski definition) is 0. The van der Waals surface area contributed by atoms with Gasteiger partial charge in [-0.1, -0.05) is 62.0 Å². The van der Waals surface area contributed by atoms with Crippen LogP contribution >= 0.6 is 0 Å². The molecule has 0 bridgehead atoms. The number of benzene rings is 1. The molecule has 22 heavy (non-hydrogen) atoms. The number of unbranched alkanes of at least 4 members (excludes halogenated alkanes) is 4. The highest BCUT2D eigenvalue weighted by molar-refractivity contribution is 5.44. The molecule has 1 aromatic carbocycles. The van der Waals surface area contributed by atoms with Gasteiger partial charge in [0, 0.05) is 12.0 Å². The Balaban J connectivity index is 2.55. The fourth-order valence-electron chi connectivity index (χ4n) is 1.81. The minimum absolute atomic E-state index is 0.0211. The molecule has 0 saturated carbocycles. The molecule has 0 aliphatic carbocycles. The minimum Gasteiger partial charge on any atom is -0.166 e. The molecule has 0 nitrogen and oxygen atoms in total. The van der Waals surface area contributed by atoms with Crippen LogP contribution in [-0.2, 0) is 6.18 Å². The Bertz CT molecular complexity index is 601. The molecule has 0 aromatic heterocycles. The lowest BCUT2D eigenvalue weighted by Gasteiger charge is -2.07. The average Bonchev–Trinajstić information content (AvgIpc) is 2.48. The lowest BCUT2D eigenvalue weighted by Crippen LogP contribution is -2.07. The van der Waals surface area contributed by atoms with Gasteiger partial charge >= 0.3 is 6.18 Å². The summed E-state index contributed by atoms with van der Waals surface area (Å²) in [4.78, 5) is 0. The first-order valence-corrected chi connectivity index (χ1v) is 7.37. The summed E-state index contributed by atoms with van der Waals surface area (Å²) < 4.78 is 38.2. The van der Waals surface area contributed by atoms with Crippen molar-refractivity contribution in [3.05, 3.63) is 47.5 Å². The number of halogens is 3. The highest BCUT2D eigenvalue weighted by Crippen LogP contribution is 2.31. The molecular weight excluding hydrogens is 285 g/mol. The predicted octanol–water partition coefficient (Wildman–Crippen LogP) is 5.59. The Morgan fingerprint density at radius 3 is 2.45 bits per heavy atom. The highest BCUT2D eigenvalue weighted by Gasteiger charge is 2.32. The second kappa shape index (κ2) is 9.74. The zero-order valence-corrected chi connectivity index (χ0v) is 12.6. The van der Waals surface area contributed by atoms with Gasteiger partial charge in [-0.25, -0.2) is 0 Å². The van der Waals surface area contributed by atoms with Gasteiger partial charge in [0.15, 0.2) is 0 Å². The number of hydrogen-bond donors (Lipinski definition) is 0. The molecule has 0 aliphatic rings. The quantitative estimate of drug-likeness (QED) is 0.502. The topological polar surface area (TPSA) is 0 Å². The summed E-state index contributed by atoms with van der Waals surface area (Å²) in [6.07, 6.45) is 4.20. The molecule has 3 heteroatoms. The van der Waals surface area contributed by atoms with Gasteiger partial charge in [0.05, 0.1) is 5.56 Å². The minimum atomic E-state index is -4.38. The van der Waals surface area contributed by atoms with E-state index in [-0.39, 0.29) is 5.56 Å². The Morgan fingerprint density at radius 1 is 1.00 bits per heavy atom. The van der Waals surface area contributed by atoms with E-state index in [9.17, 15) is 13.2 Å². The maximum Gasteiger partial charge on any atom is 0.417 e. The Morgan fingerprint density at radius 2 is 1.73 bits per heavy atom. The molecule has 0 aliphatic heterocycles. The lowest BCUT2D eigenvalue weighted by atomic mass is 10.1. The van der Waals surface area contributed by atoms with Crippen LogP contribution in [0.2, 0.25) is 0 Å². The van der Waals surface area contributed by atoms with Crippen molar-refractivity contribution < 1.29 is 13.2 Å². The molecule has 1 aromatic rings. The molecule has 0 saturated heterocycles. The normalized spacial score (nSPS) is 10.7. The van der Waals surface area contributed by atoms with Gasteiger partial charge in [-0.05, 0) is 30.7 Å². The van der Waals surface area contributed by atoms with Crippen LogP contribution in [0.1, 0.15) is 50.2 Å². The van der Waals surface area contributed by atoms with E-state index in [0.717, 1.165) is 18.9 Å². The van der Waals surface area contributed by atoms with E-state index in [2.05, 4.69) is 30.6 Å². The van der Waals surface area contributed by atoms with Crippen LogP contribution in [0.3, 0.4) is 0 Å². The van der Waals surface area contributed by atoms with Crippen molar-refractivity contribution in [2.75, 3.05) is 0 Å². The zero-order chi connectivity index (χ0) is 16.3. The number of allylic oxidation sites excluding steroid dienone is 2. The van der Waals surface area contributed by atoms with E-state index in [0.29, 0.717) is 0 Å². The Kier molecular flexibility index (Phi) is 7.94. The fourth-order valence-corrected chi connectivity index (χ4v) is 1.81. The molecule has 0 unspecified atom stereocenters. The molecule has 116 valence electrons. The first kappa shape index (κ1) is 17.9. The Hall–Kier alpha value is -2.13. The van der Waals surface area contributed by atoms with E-state index in [1.807, 2.05) is 0 Å². The summed E-state index contributed by atoms with van der Waals surface area (Å²) in [6, 6.07) is 5.29. The highest BCUT2D eigenvalue weighted by atomic mass is 19.4. The van der Waals surface area contributed by atoms with Gasteiger partial charge in [-0.2, -0.15) is 13.2 Å². The number of rotatable bonds is 4. The van der Waals surface area contributed by atoms with Gasteiger partial charge in [-0.3, -0.25) is 0 Å². The van der Waals surface area contributed by atoms with Crippen molar-refractivity contribution in [2.45, 2.75) is 45.2 Å². The summed E-state index contributed by atoms with van der Waals surface area (Å²) >= 11 is 0. The summed E-state index contributed by atoms with van der Waals surface area (Å²) in [7, 11) is 0. The van der Waals surface area contributed by atoms with E-state index in [4.69, 9.17) is 0 Å². The lowest BCUT2D eigenvalue weighted by molar-refractivity contribution is -0.137. The summed E-state index contributed by atoms with van der Waals surface area (Å²) in [6.45, 7) is 2.16. The van der Waals surface area contributed by atoms with E-state index >= 15 is 0 Å². The molecule has 0 atom stereocenters. The summed E-state index contributed by atoms with van der Waals surface area (Å²) in [5.74, 6) is 10.9. The monoisotopic (exact) mass is 304 g/mol. The third-order valence-corrected chi connectivity index (χ3v) is 2.95. The molecule has 0 amide bonds. The molecule has 0 fully saturated rings. The molecule has 0 N–H and O–H groups in total. The molecule has 0 heterocycles. The number of alkyl halides is 3. The summed E-state index contributed by atoms with van der Waals surface area (Å²) in [5, 5.41) is 0. The molecule has 1 rings (SSSR count). The third-order valence-electron chi connectivity index (χ3n) is 2.95. The second-order valence-electron chi connectivity index (χ2n) is 4.78. The fraction of sp³-hybridized carbons (Fsp3) is 0.368. The predicted molar refractivity (Wildman–Crippen MR) is 84.0 cm³/mol. The van der Waals surface area contributed by atoms with Crippen LogP contribution in [0.25, 0.3) is 0 Å². The Labute approximate surface area is 130 Å². The maximum atomic E-state index is 12.7. The first-order chi connectivity index (χ1) is 10.6. The van der Waals surface area contributed by atoms with Crippen molar-refractivity contribution in [1.82, 2.24) is 0 Å². The van der Waals surface area contributed by atoms with Gasteiger partial charge in [0.25, 0.3) is 0 Å². The smallest absolute Gasteiger partial charge is 0.166 e. The average molecular weight is 304 g/mol. The molecular formula is C19H19F3. The van der Waals surface area contributed by atoms with Crippen LogP contribution in [0, 0.1) is 23.7 Å². The van der Waals surface area contributed by atoms with Crippen molar-refractivity contribution >= 4 is 0 Å². The van der Waals surface area contributed by atoms with Gasteiger partial charge < -0.3 is 0 Å². The van der Waals surface area contributed by atoms with Gasteiger partial charge in [-0.15, -0.1) is 0 Å².